The molecule has 1 aromatic carbocycles. The standard InChI is InChI=1S/C13H18N2O5/c1-3-19-10-6-4-5-9(7-16)11(10)20-8(2)12(17)15-13(14)18/h4-6,8,16H,3,7H2,1-2H3,(H3,14,15,17,18). The molecule has 20 heavy (non-hydrogen) atoms. The quantitative estimate of drug-likeness (QED) is 0.705. The van der Waals surface area contributed by atoms with Crippen LogP contribution < -0.4 is 20.5 Å². The Kier molecular flexibility index (Phi) is 5.79. The Hall–Kier alpha value is -2.28. The van der Waals surface area contributed by atoms with E-state index in [4.69, 9.17) is 15.2 Å². The molecule has 7 heteroatoms. The first-order chi connectivity index (χ1) is 9.49. The zero-order valence-corrected chi connectivity index (χ0v) is 11.4. The molecule has 0 aliphatic carbocycles. The molecule has 0 saturated heterocycles. The lowest BCUT2D eigenvalue weighted by Crippen LogP contribution is -2.42. The smallest absolute Gasteiger partial charge is 0.318 e. The summed E-state index contributed by atoms with van der Waals surface area (Å²) in [6.45, 7) is 3.41. The van der Waals surface area contributed by atoms with Crippen LogP contribution in [0.4, 0.5) is 4.79 Å². The Morgan fingerprint density at radius 1 is 1.45 bits per heavy atom. The van der Waals surface area contributed by atoms with Crippen LogP contribution in [-0.4, -0.2) is 29.8 Å². The van der Waals surface area contributed by atoms with Crippen LogP contribution in [-0.2, 0) is 11.4 Å². The third-order valence-corrected chi connectivity index (χ3v) is 2.44. The van der Waals surface area contributed by atoms with Gasteiger partial charge in [0, 0.05) is 5.56 Å². The van der Waals surface area contributed by atoms with Crippen LogP contribution in [0.25, 0.3) is 0 Å². The molecule has 3 amide bonds. The van der Waals surface area contributed by atoms with Gasteiger partial charge in [0.2, 0.25) is 0 Å². The van der Waals surface area contributed by atoms with Gasteiger partial charge in [0.1, 0.15) is 0 Å². The minimum Gasteiger partial charge on any atom is -0.490 e. The van der Waals surface area contributed by atoms with Crippen molar-refractivity contribution in [2.75, 3.05) is 6.61 Å². The number of carbonyl (C=O) groups excluding carboxylic acids is 2. The van der Waals surface area contributed by atoms with Crippen LogP contribution in [0.15, 0.2) is 18.2 Å². The zero-order valence-electron chi connectivity index (χ0n) is 11.4. The molecule has 7 nitrogen and oxygen atoms in total. The van der Waals surface area contributed by atoms with Crippen LogP contribution >= 0.6 is 0 Å². The molecule has 0 aromatic heterocycles. The fourth-order valence-electron chi connectivity index (χ4n) is 1.54. The van der Waals surface area contributed by atoms with Gasteiger partial charge in [-0.15, -0.1) is 0 Å². The highest BCUT2D eigenvalue weighted by Gasteiger charge is 2.20. The van der Waals surface area contributed by atoms with E-state index < -0.39 is 18.0 Å². The molecule has 4 N–H and O–H groups in total. The number of urea groups is 1. The van der Waals surface area contributed by atoms with E-state index in [1.807, 2.05) is 5.32 Å². The summed E-state index contributed by atoms with van der Waals surface area (Å²) < 4.78 is 10.9. The lowest BCUT2D eigenvalue weighted by atomic mass is 10.2. The third-order valence-electron chi connectivity index (χ3n) is 2.44. The van der Waals surface area contributed by atoms with Crippen molar-refractivity contribution in [2.45, 2.75) is 26.6 Å². The molecule has 110 valence electrons. The summed E-state index contributed by atoms with van der Waals surface area (Å²) in [7, 11) is 0. The molecule has 0 aliphatic rings. The summed E-state index contributed by atoms with van der Waals surface area (Å²) in [5, 5.41) is 11.2. The highest BCUT2D eigenvalue weighted by molar-refractivity contribution is 5.95. The first-order valence-corrected chi connectivity index (χ1v) is 6.12. The Labute approximate surface area is 116 Å². The average Bonchev–Trinajstić information content (AvgIpc) is 2.40. The molecule has 1 rings (SSSR count). The summed E-state index contributed by atoms with van der Waals surface area (Å²) in [5.41, 5.74) is 5.35. The number of carbonyl (C=O) groups is 2. The summed E-state index contributed by atoms with van der Waals surface area (Å²) in [4.78, 5) is 22.2. The van der Waals surface area contributed by atoms with Crippen molar-refractivity contribution in [3.63, 3.8) is 0 Å². The average molecular weight is 282 g/mol. The van der Waals surface area contributed by atoms with Crippen molar-refractivity contribution in [3.8, 4) is 11.5 Å². The van der Waals surface area contributed by atoms with Crippen molar-refractivity contribution >= 4 is 11.9 Å². The van der Waals surface area contributed by atoms with Crippen LogP contribution in [0.3, 0.4) is 0 Å². The molecule has 0 saturated carbocycles. The monoisotopic (exact) mass is 282 g/mol. The van der Waals surface area contributed by atoms with Gasteiger partial charge < -0.3 is 20.3 Å². The molecular formula is C13H18N2O5. The second-order valence-corrected chi connectivity index (χ2v) is 3.95. The number of rotatable bonds is 6. The summed E-state index contributed by atoms with van der Waals surface area (Å²) in [6.07, 6.45) is -0.964. The normalized spacial score (nSPS) is 11.6. The number of imide groups is 1. The highest BCUT2D eigenvalue weighted by atomic mass is 16.5. The minimum atomic E-state index is -0.964. The van der Waals surface area contributed by atoms with E-state index in [1.54, 1.807) is 25.1 Å². The van der Waals surface area contributed by atoms with Crippen molar-refractivity contribution in [2.24, 2.45) is 5.73 Å². The Morgan fingerprint density at radius 2 is 2.15 bits per heavy atom. The molecule has 0 radical (unpaired) electrons. The van der Waals surface area contributed by atoms with Crippen molar-refractivity contribution in [1.29, 1.82) is 0 Å². The van der Waals surface area contributed by atoms with Crippen LogP contribution in [0.1, 0.15) is 19.4 Å². The van der Waals surface area contributed by atoms with E-state index in [-0.39, 0.29) is 12.4 Å². The van der Waals surface area contributed by atoms with Gasteiger partial charge in [-0.1, -0.05) is 12.1 Å². The first kappa shape index (κ1) is 15.8. The Balaban J connectivity index is 2.94. The fraction of sp³-hybridized carbons (Fsp3) is 0.385. The summed E-state index contributed by atoms with van der Waals surface area (Å²) in [6, 6.07) is 4.07. The number of aliphatic hydroxyl groups is 1. The third kappa shape index (κ3) is 4.13. The number of hydrogen-bond acceptors (Lipinski definition) is 5. The van der Waals surface area contributed by atoms with Crippen LogP contribution in [0, 0.1) is 0 Å². The number of aliphatic hydroxyl groups excluding tert-OH is 1. The van der Waals surface area contributed by atoms with Crippen molar-refractivity contribution in [1.82, 2.24) is 5.32 Å². The molecule has 0 bridgehead atoms. The number of primary amides is 1. The number of nitrogens with one attached hydrogen (secondary N) is 1. The largest absolute Gasteiger partial charge is 0.490 e. The lowest BCUT2D eigenvalue weighted by Gasteiger charge is -2.18. The Morgan fingerprint density at radius 3 is 2.70 bits per heavy atom. The molecule has 0 aliphatic heterocycles. The van der Waals surface area contributed by atoms with Crippen LogP contribution in [0.5, 0.6) is 11.5 Å². The lowest BCUT2D eigenvalue weighted by molar-refractivity contribution is -0.126. The van der Waals surface area contributed by atoms with E-state index in [9.17, 15) is 14.7 Å². The first-order valence-electron chi connectivity index (χ1n) is 6.12. The van der Waals surface area contributed by atoms with Gasteiger partial charge in [0.05, 0.1) is 13.2 Å². The van der Waals surface area contributed by atoms with Crippen molar-refractivity contribution in [3.05, 3.63) is 23.8 Å². The van der Waals surface area contributed by atoms with E-state index in [1.165, 1.54) is 6.92 Å². The highest BCUT2D eigenvalue weighted by Crippen LogP contribution is 2.32. The van der Waals surface area contributed by atoms with Gasteiger partial charge in [-0.2, -0.15) is 0 Å². The van der Waals surface area contributed by atoms with Crippen molar-refractivity contribution < 1.29 is 24.2 Å². The number of nitrogens with two attached hydrogens (primary N) is 1. The zero-order chi connectivity index (χ0) is 15.1. The molecule has 0 fully saturated rings. The van der Waals surface area contributed by atoms with E-state index >= 15 is 0 Å². The predicted octanol–water partition coefficient (Wildman–Crippen LogP) is 0.540. The molecule has 1 unspecified atom stereocenters. The van der Waals surface area contributed by atoms with E-state index in [0.717, 1.165) is 0 Å². The maximum Gasteiger partial charge on any atom is 0.318 e. The minimum absolute atomic E-state index is 0.263. The van der Waals surface area contributed by atoms with Gasteiger partial charge >= 0.3 is 6.03 Å². The fourth-order valence-corrected chi connectivity index (χ4v) is 1.54. The Bertz CT molecular complexity index is 490. The number of amides is 3. The van der Waals surface area contributed by atoms with Gasteiger partial charge in [0.15, 0.2) is 17.6 Å². The van der Waals surface area contributed by atoms with E-state index in [0.29, 0.717) is 17.9 Å². The number of hydrogen-bond donors (Lipinski definition) is 3. The molecule has 0 spiro atoms. The van der Waals surface area contributed by atoms with Gasteiger partial charge in [-0.25, -0.2) is 4.79 Å². The van der Waals surface area contributed by atoms with Gasteiger partial charge in [-0.3, -0.25) is 10.1 Å². The predicted molar refractivity (Wildman–Crippen MR) is 71.3 cm³/mol. The van der Waals surface area contributed by atoms with E-state index in [2.05, 4.69) is 0 Å². The summed E-state index contributed by atoms with van der Waals surface area (Å²) in [5.74, 6) is 0.00874. The second-order valence-electron chi connectivity index (χ2n) is 3.95. The van der Waals surface area contributed by atoms with Gasteiger partial charge in [-0.05, 0) is 19.9 Å². The number of benzene rings is 1. The second kappa shape index (κ2) is 7.34. The molecule has 1 atom stereocenters. The van der Waals surface area contributed by atoms with Crippen LogP contribution in [0.2, 0.25) is 0 Å². The SMILES string of the molecule is CCOc1cccc(CO)c1OC(C)C(=O)NC(N)=O. The number of para-hydroxylation sites is 1. The maximum absolute atomic E-state index is 11.6. The maximum atomic E-state index is 11.6. The molecule has 0 heterocycles. The number of ether oxygens (including phenoxy) is 2. The topological polar surface area (TPSA) is 111 Å². The molecular weight excluding hydrogens is 264 g/mol. The molecule has 1 aromatic rings. The summed E-state index contributed by atoms with van der Waals surface area (Å²) >= 11 is 0. The van der Waals surface area contributed by atoms with Gasteiger partial charge in [0.25, 0.3) is 5.91 Å².